The summed E-state index contributed by atoms with van der Waals surface area (Å²) in [5.74, 6) is -0.430. The van der Waals surface area contributed by atoms with Gasteiger partial charge in [-0.25, -0.2) is 9.69 Å². The maximum absolute atomic E-state index is 13.2. The number of H-pyrrole nitrogens is 1. The molecule has 0 radical (unpaired) electrons. The van der Waals surface area contributed by atoms with Crippen molar-refractivity contribution in [1.82, 2.24) is 10.1 Å². The van der Waals surface area contributed by atoms with Gasteiger partial charge in [0.2, 0.25) is 11.1 Å². The van der Waals surface area contributed by atoms with Crippen molar-refractivity contribution >= 4 is 29.3 Å². The monoisotopic (exact) mass is 465 g/mol. The van der Waals surface area contributed by atoms with Gasteiger partial charge in [0.15, 0.2) is 0 Å². The first-order valence-corrected chi connectivity index (χ1v) is 11.8. The molecule has 170 valence electrons. The fourth-order valence-electron chi connectivity index (χ4n) is 4.00. The predicted octanol–water partition coefficient (Wildman–Crippen LogP) is 3.62. The summed E-state index contributed by atoms with van der Waals surface area (Å²) in [6.07, 6.45) is 2.48. The lowest BCUT2D eigenvalue weighted by atomic mass is 10.0. The SMILES string of the molecule is CCCCCSc1n[n+]2c(c(=O)[nH]1)-c1ccccc1N(C(C)=O)[C@@H]2c1ccc(C(=O)O)cc1. The number of aromatic carboxylic acids is 1. The molecule has 0 bridgehead atoms. The fourth-order valence-corrected chi connectivity index (χ4v) is 4.85. The molecule has 0 aliphatic carbocycles. The summed E-state index contributed by atoms with van der Waals surface area (Å²) in [6, 6.07) is 13.5. The maximum atomic E-state index is 13.2. The van der Waals surface area contributed by atoms with Crippen LogP contribution in [0.1, 0.15) is 55.2 Å². The number of para-hydroxylation sites is 1. The van der Waals surface area contributed by atoms with Crippen molar-refractivity contribution in [2.24, 2.45) is 0 Å². The van der Waals surface area contributed by atoms with Crippen LogP contribution in [0.5, 0.6) is 0 Å². The number of nitrogens with one attached hydrogen (secondary N) is 1. The number of amides is 1. The average molecular weight is 466 g/mol. The smallest absolute Gasteiger partial charge is 0.335 e. The Labute approximate surface area is 195 Å². The Kier molecular flexibility index (Phi) is 6.60. The summed E-state index contributed by atoms with van der Waals surface area (Å²) >= 11 is 1.47. The highest BCUT2D eigenvalue weighted by molar-refractivity contribution is 7.99. The van der Waals surface area contributed by atoms with E-state index in [1.807, 2.05) is 12.1 Å². The van der Waals surface area contributed by atoms with Crippen molar-refractivity contribution < 1.29 is 19.4 Å². The Morgan fingerprint density at radius 3 is 2.55 bits per heavy atom. The number of carboxylic acid groups (broad SMARTS) is 1. The molecule has 0 saturated heterocycles. The van der Waals surface area contributed by atoms with Crippen LogP contribution >= 0.6 is 11.8 Å². The van der Waals surface area contributed by atoms with E-state index in [-0.39, 0.29) is 17.0 Å². The molecule has 1 aliphatic rings. The summed E-state index contributed by atoms with van der Waals surface area (Å²) in [7, 11) is 0. The number of aromatic nitrogens is 3. The first-order chi connectivity index (χ1) is 15.9. The van der Waals surface area contributed by atoms with Crippen LogP contribution in [0.15, 0.2) is 58.5 Å². The molecule has 33 heavy (non-hydrogen) atoms. The summed E-state index contributed by atoms with van der Waals surface area (Å²) < 4.78 is 1.58. The zero-order valence-corrected chi connectivity index (χ0v) is 19.3. The van der Waals surface area contributed by atoms with Crippen LogP contribution in [0.4, 0.5) is 5.69 Å². The third kappa shape index (κ3) is 4.41. The van der Waals surface area contributed by atoms with Crippen molar-refractivity contribution in [3.63, 3.8) is 0 Å². The van der Waals surface area contributed by atoms with Crippen LogP contribution in [0, 0.1) is 0 Å². The minimum atomic E-state index is -1.03. The second-order valence-corrected chi connectivity index (χ2v) is 8.90. The zero-order chi connectivity index (χ0) is 23.5. The number of carbonyl (C=O) groups is 2. The van der Waals surface area contributed by atoms with Gasteiger partial charge < -0.3 is 5.11 Å². The third-order valence-electron chi connectivity index (χ3n) is 5.54. The Morgan fingerprint density at radius 2 is 1.88 bits per heavy atom. The molecule has 3 aromatic rings. The number of unbranched alkanes of at least 4 members (excludes halogenated alkanes) is 2. The number of rotatable bonds is 7. The lowest BCUT2D eigenvalue weighted by Gasteiger charge is -2.31. The molecule has 1 atom stereocenters. The number of nitrogens with zero attached hydrogens (tertiary/aromatic N) is 3. The van der Waals surface area contributed by atoms with Crippen LogP contribution < -0.4 is 15.1 Å². The van der Waals surface area contributed by atoms with Gasteiger partial charge in [-0.3, -0.25) is 14.6 Å². The van der Waals surface area contributed by atoms with Crippen LogP contribution in [0.3, 0.4) is 0 Å². The topological polar surface area (TPSA) is 107 Å². The minimum Gasteiger partial charge on any atom is -0.478 e. The second-order valence-electron chi connectivity index (χ2n) is 7.82. The van der Waals surface area contributed by atoms with Crippen LogP contribution in [-0.2, 0) is 4.79 Å². The van der Waals surface area contributed by atoms with E-state index < -0.39 is 12.1 Å². The van der Waals surface area contributed by atoms with Crippen LogP contribution in [0.25, 0.3) is 11.3 Å². The number of anilines is 1. The van der Waals surface area contributed by atoms with Gasteiger partial charge in [-0.1, -0.05) is 43.7 Å². The highest BCUT2D eigenvalue weighted by atomic mass is 32.2. The van der Waals surface area contributed by atoms with E-state index in [1.165, 1.54) is 30.8 Å². The Bertz CT molecular complexity index is 1260. The predicted molar refractivity (Wildman–Crippen MR) is 125 cm³/mol. The quantitative estimate of drug-likeness (QED) is 0.314. The minimum absolute atomic E-state index is 0.139. The summed E-state index contributed by atoms with van der Waals surface area (Å²) in [6.45, 7) is 3.60. The number of fused-ring (bicyclic) bond motifs is 3. The van der Waals surface area contributed by atoms with Crippen molar-refractivity contribution in [2.75, 3.05) is 10.7 Å². The van der Waals surface area contributed by atoms with E-state index >= 15 is 0 Å². The van der Waals surface area contributed by atoms with Gasteiger partial charge in [0, 0.05) is 23.3 Å². The standard InChI is InChI=1S/C24H24N4O4S/c1-3-4-7-14-33-24-25-21(30)20-18-8-5-6-9-19(18)27(15(2)29)22(28(20)26-24)16-10-12-17(13-11-16)23(31)32/h5-6,8-13,22H,3-4,7,14H2,1-2H3,(H-,25,26,30,31,32)/p+1/t22-/m0/s1. The molecule has 0 unspecified atom stereocenters. The van der Waals surface area contributed by atoms with E-state index in [9.17, 15) is 19.5 Å². The molecule has 8 nitrogen and oxygen atoms in total. The van der Waals surface area contributed by atoms with Gasteiger partial charge in [0.05, 0.1) is 16.8 Å². The zero-order valence-electron chi connectivity index (χ0n) is 18.4. The number of carbonyl (C=O) groups excluding carboxylic acids is 1. The number of carboxylic acids is 1. The van der Waals surface area contributed by atoms with Crippen molar-refractivity contribution in [3.05, 3.63) is 70.0 Å². The van der Waals surface area contributed by atoms with Crippen LogP contribution in [-0.4, -0.2) is 32.8 Å². The molecule has 1 aromatic heterocycles. The normalized spacial score (nSPS) is 14.5. The molecule has 1 aliphatic heterocycles. The summed E-state index contributed by atoms with van der Waals surface area (Å²) in [5.41, 5.74) is 2.08. The molecule has 2 N–H and O–H groups in total. The van der Waals surface area contributed by atoms with Gasteiger partial charge in [0.25, 0.3) is 6.17 Å². The number of aromatic amines is 1. The molecule has 1 amide bonds. The van der Waals surface area contributed by atoms with Crippen molar-refractivity contribution in [2.45, 2.75) is 44.4 Å². The molecule has 0 spiro atoms. The van der Waals surface area contributed by atoms with Gasteiger partial charge >= 0.3 is 17.2 Å². The second kappa shape index (κ2) is 9.58. The van der Waals surface area contributed by atoms with Gasteiger partial charge in [-0.2, -0.15) is 0 Å². The Hall–Kier alpha value is -3.46. The lowest BCUT2D eigenvalue weighted by Crippen LogP contribution is -2.60. The average Bonchev–Trinajstić information content (AvgIpc) is 2.80. The first kappa shape index (κ1) is 22.7. The van der Waals surface area contributed by atoms with E-state index in [0.29, 0.717) is 27.7 Å². The third-order valence-corrected chi connectivity index (χ3v) is 6.49. The van der Waals surface area contributed by atoms with E-state index in [1.54, 1.807) is 33.8 Å². The van der Waals surface area contributed by atoms with Gasteiger partial charge in [-0.05, 0) is 47.5 Å². The summed E-state index contributed by atoms with van der Waals surface area (Å²) in [5, 5.41) is 14.5. The number of thioether (sulfide) groups is 1. The molecular weight excluding hydrogens is 440 g/mol. The first-order valence-electron chi connectivity index (χ1n) is 10.8. The molecule has 0 saturated carbocycles. The fraction of sp³-hybridized carbons (Fsp3) is 0.292. The van der Waals surface area contributed by atoms with Gasteiger partial charge in [0.1, 0.15) is 0 Å². The Morgan fingerprint density at radius 1 is 1.15 bits per heavy atom. The number of hydrogen-bond donors (Lipinski definition) is 2. The maximum Gasteiger partial charge on any atom is 0.335 e. The highest BCUT2D eigenvalue weighted by Gasteiger charge is 2.44. The van der Waals surface area contributed by atoms with Crippen LogP contribution in [0.2, 0.25) is 0 Å². The van der Waals surface area contributed by atoms with Crippen molar-refractivity contribution in [3.8, 4) is 11.3 Å². The highest BCUT2D eigenvalue weighted by Crippen LogP contribution is 2.37. The lowest BCUT2D eigenvalue weighted by molar-refractivity contribution is -0.763. The largest absolute Gasteiger partial charge is 0.478 e. The number of hydrogen-bond acceptors (Lipinski definition) is 5. The van der Waals surface area contributed by atoms with Gasteiger partial charge in [-0.15, -0.1) is 0 Å². The molecule has 9 heteroatoms. The van der Waals surface area contributed by atoms with E-state index in [4.69, 9.17) is 5.10 Å². The number of benzene rings is 2. The molecule has 2 heterocycles. The summed E-state index contributed by atoms with van der Waals surface area (Å²) in [4.78, 5) is 41.9. The molecule has 0 fully saturated rings. The molecular formula is C24H25N4O4S+. The van der Waals surface area contributed by atoms with E-state index in [2.05, 4.69) is 11.9 Å². The molecule has 2 aromatic carbocycles. The van der Waals surface area contributed by atoms with E-state index in [0.717, 1.165) is 25.0 Å². The molecule has 4 rings (SSSR count). The Balaban J connectivity index is 1.89. The van der Waals surface area contributed by atoms with Crippen molar-refractivity contribution in [1.29, 1.82) is 0 Å².